The Bertz CT molecular complexity index is 1340. The van der Waals surface area contributed by atoms with E-state index in [9.17, 15) is 14.3 Å². The third-order valence-corrected chi connectivity index (χ3v) is 8.48. The number of nitrogens with one attached hydrogen (secondary N) is 1. The molecule has 8 heteroatoms. The van der Waals surface area contributed by atoms with Gasteiger partial charge in [-0.25, -0.2) is 4.39 Å². The predicted molar refractivity (Wildman–Crippen MR) is 152 cm³/mol. The summed E-state index contributed by atoms with van der Waals surface area (Å²) in [5, 5.41) is 16.9. The van der Waals surface area contributed by atoms with Gasteiger partial charge in [-0.1, -0.05) is 29.8 Å². The topological polar surface area (TPSA) is 65.0 Å². The molecule has 206 valence electrons. The van der Waals surface area contributed by atoms with Crippen LogP contribution in [-0.2, 0) is 4.79 Å². The molecule has 2 N–H and O–H groups in total. The molecule has 3 aromatic rings. The number of aliphatic hydroxyl groups is 1. The smallest absolute Gasteiger partial charge is 0.225 e. The number of rotatable bonds is 9. The maximum Gasteiger partial charge on any atom is 0.225 e. The van der Waals surface area contributed by atoms with Crippen LogP contribution in [0, 0.1) is 11.7 Å². The van der Waals surface area contributed by atoms with Gasteiger partial charge in [0.05, 0.1) is 23.1 Å². The van der Waals surface area contributed by atoms with Crippen LogP contribution < -0.4 is 15.0 Å². The summed E-state index contributed by atoms with van der Waals surface area (Å²) in [7, 11) is 0. The number of fused-ring (bicyclic) bond motifs is 1. The van der Waals surface area contributed by atoms with Crippen molar-refractivity contribution in [1.29, 1.82) is 0 Å². The van der Waals surface area contributed by atoms with Gasteiger partial charge in [0.2, 0.25) is 5.91 Å². The number of halogens is 2. The Morgan fingerprint density at radius 3 is 2.56 bits per heavy atom. The number of nitrogens with zero attached hydrogens (tertiary/aromatic N) is 2. The first-order valence-electron chi connectivity index (χ1n) is 14.0. The van der Waals surface area contributed by atoms with E-state index in [-0.39, 0.29) is 23.7 Å². The van der Waals surface area contributed by atoms with Crippen molar-refractivity contribution in [2.75, 3.05) is 37.6 Å². The lowest BCUT2D eigenvalue weighted by atomic mass is 10.00. The zero-order valence-electron chi connectivity index (χ0n) is 22.0. The number of likely N-dealkylation sites (tertiary alicyclic amines) is 1. The number of hydrogen-bond donors (Lipinski definition) is 2. The largest absolute Gasteiger partial charge is 0.489 e. The molecule has 2 saturated heterocycles. The second-order valence-electron chi connectivity index (χ2n) is 11.2. The van der Waals surface area contributed by atoms with E-state index in [1.54, 1.807) is 12.1 Å². The SMILES string of the molecule is O=C(N[C@H](CN1CCCC1)[C@H](O)c1ccc(OC2CC2)c(Cl)c1)[C@H]1CCN(c2ccc3cc(F)ccc3c2)C1. The molecule has 0 unspecified atom stereocenters. The van der Waals surface area contributed by atoms with Gasteiger partial charge in [0, 0.05) is 25.3 Å². The van der Waals surface area contributed by atoms with Gasteiger partial charge in [0.25, 0.3) is 0 Å². The molecule has 2 aliphatic heterocycles. The maximum atomic E-state index is 13.6. The van der Waals surface area contributed by atoms with Gasteiger partial charge in [-0.15, -0.1) is 0 Å². The van der Waals surface area contributed by atoms with Crippen molar-refractivity contribution in [2.24, 2.45) is 5.92 Å². The van der Waals surface area contributed by atoms with Gasteiger partial charge in [0.15, 0.2) is 0 Å². The number of ether oxygens (including phenoxy) is 1. The first kappa shape index (κ1) is 26.4. The highest BCUT2D eigenvalue weighted by molar-refractivity contribution is 6.32. The molecule has 2 heterocycles. The van der Waals surface area contributed by atoms with Crippen molar-refractivity contribution < 1.29 is 19.0 Å². The second-order valence-corrected chi connectivity index (χ2v) is 11.6. The second kappa shape index (κ2) is 11.3. The molecular weight excluding hydrogens is 517 g/mol. The Labute approximate surface area is 233 Å². The van der Waals surface area contributed by atoms with Crippen LogP contribution in [0.1, 0.15) is 43.8 Å². The fourth-order valence-electron chi connectivity index (χ4n) is 5.77. The van der Waals surface area contributed by atoms with E-state index in [1.165, 1.54) is 12.1 Å². The van der Waals surface area contributed by atoms with E-state index < -0.39 is 12.1 Å². The summed E-state index contributed by atoms with van der Waals surface area (Å²) in [5.74, 6) is 0.173. The van der Waals surface area contributed by atoms with Gasteiger partial charge in [-0.2, -0.15) is 0 Å². The molecule has 3 fully saturated rings. The zero-order chi connectivity index (χ0) is 26.9. The number of anilines is 1. The first-order chi connectivity index (χ1) is 18.9. The van der Waals surface area contributed by atoms with E-state index in [4.69, 9.17) is 16.3 Å². The highest BCUT2D eigenvalue weighted by Crippen LogP contribution is 2.34. The van der Waals surface area contributed by atoms with Crippen LogP contribution in [0.3, 0.4) is 0 Å². The molecule has 0 bridgehead atoms. The molecule has 39 heavy (non-hydrogen) atoms. The Morgan fingerprint density at radius 1 is 1.03 bits per heavy atom. The molecule has 1 aliphatic carbocycles. The van der Waals surface area contributed by atoms with Gasteiger partial charge < -0.3 is 25.0 Å². The summed E-state index contributed by atoms with van der Waals surface area (Å²) in [4.78, 5) is 18.0. The average molecular weight is 552 g/mol. The number of benzene rings is 3. The van der Waals surface area contributed by atoms with Gasteiger partial charge in [-0.05, 0) is 97.9 Å². The Hall–Kier alpha value is -2.87. The fourth-order valence-corrected chi connectivity index (χ4v) is 6.01. The Kier molecular flexibility index (Phi) is 7.65. The summed E-state index contributed by atoms with van der Waals surface area (Å²) in [6.45, 7) is 3.89. The summed E-state index contributed by atoms with van der Waals surface area (Å²) in [6, 6.07) is 15.7. The molecule has 1 amide bonds. The molecule has 3 aromatic carbocycles. The number of amides is 1. The third kappa shape index (κ3) is 6.16. The van der Waals surface area contributed by atoms with Crippen molar-refractivity contribution in [3.8, 4) is 5.75 Å². The number of carbonyl (C=O) groups excluding carboxylic acids is 1. The molecule has 1 saturated carbocycles. The molecule has 0 radical (unpaired) electrons. The van der Waals surface area contributed by atoms with Crippen LogP contribution >= 0.6 is 11.6 Å². The lowest BCUT2D eigenvalue weighted by Crippen LogP contribution is -2.48. The van der Waals surface area contributed by atoms with E-state index >= 15 is 0 Å². The van der Waals surface area contributed by atoms with Crippen molar-refractivity contribution in [3.05, 3.63) is 71.0 Å². The minimum atomic E-state index is -0.889. The monoisotopic (exact) mass is 551 g/mol. The van der Waals surface area contributed by atoms with Gasteiger partial charge in [0.1, 0.15) is 17.7 Å². The third-order valence-electron chi connectivity index (χ3n) is 8.19. The molecule has 6 rings (SSSR count). The quantitative estimate of drug-likeness (QED) is 0.377. The molecule has 3 aliphatic rings. The van der Waals surface area contributed by atoms with Crippen LogP contribution in [0.5, 0.6) is 5.75 Å². The standard InChI is InChI=1S/C31H35ClFN3O3/c32-27-17-22(5-10-29(27)39-26-8-9-26)30(37)28(19-35-12-1-2-13-35)34-31(38)23-11-14-36(18-23)25-7-4-20-15-24(33)6-3-21(20)16-25/h3-7,10,15-17,23,26,28,30,37H,1-2,8-9,11-14,18-19H2,(H,34,38)/t23-,28+,30+/m0/s1. The van der Waals surface area contributed by atoms with Crippen molar-refractivity contribution >= 4 is 34.0 Å². The highest BCUT2D eigenvalue weighted by Gasteiger charge is 2.33. The van der Waals surface area contributed by atoms with Crippen LogP contribution in [-0.4, -0.2) is 60.8 Å². The number of carbonyl (C=O) groups is 1. The lowest BCUT2D eigenvalue weighted by molar-refractivity contribution is -0.126. The Morgan fingerprint density at radius 2 is 1.79 bits per heavy atom. The molecule has 0 aromatic heterocycles. The molecule has 6 nitrogen and oxygen atoms in total. The fraction of sp³-hybridized carbons (Fsp3) is 0.452. The Balaban J connectivity index is 1.14. The van der Waals surface area contributed by atoms with E-state index in [1.807, 2.05) is 24.3 Å². The first-order valence-corrected chi connectivity index (χ1v) is 14.4. The van der Waals surface area contributed by atoms with Gasteiger partial charge >= 0.3 is 0 Å². The lowest BCUT2D eigenvalue weighted by Gasteiger charge is -2.30. The predicted octanol–water partition coefficient (Wildman–Crippen LogP) is 5.31. The normalized spacial score (nSPS) is 21.3. The molecule has 0 spiro atoms. The molecular formula is C31H35ClFN3O3. The maximum absolute atomic E-state index is 13.6. The van der Waals surface area contributed by atoms with Crippen LogP contribution in [0.2, 0.25) is 5.02 Å². The average Bonchev–Trinajstić information content (AvgIpc) is 3.36. The highest BCUT2D eigenvalue weighted by atomic mass is 35.5. The minimum absolute atomic E-state index is 0.0385. The number of hydrogen-bond acceptors (Lipinski definition) is 5. The van der Waals surface area contributed by atoms with E-state index in [0.29, 0.717) is 29.4 Å². The van der Waals surface area contributed by atoms with E-state index in [2.05, 4.69) is 21.2 Å². The van der Waals surface area contributed by atoms with Crippen LogP contribution in [0.4, 0.5) is 10.1 Å². The molecule has 3 atom stereocenters. The zero-order valence-corrected chi connectivity index (χ0v) is 22.7. The summed E-state index contributed by atoms with van der Waals surface area (Å²) in [6.07, 6.45) is 4.44. The van der Waals surface area contributed by atoms with Crippen molar-refractivity contribution in [1.82, 2.24) is 10.2 Å². The van der Waals surface area contributed by atoms with E-state index in [0.717, 1.165) is 68.2 Å². The van der Waals surface area contributed by atoms with Crippen molar-refractivity contribution in [3.63, 3.8) is 0 Å². The summed E-state index contributed by atoms with van der Waals surface area (Å²) >= 11 is 6.49. The number of aliphatic hydroxyl groups excluding tert-OH is 1. The van der Waals surface area contributed by atoms with Gasteiger partial charge in [-0.3, -0.25) is 4.79 Å². The summed E-state index contributed by atoms with van der Waals surface area (Å²) in [5.41, 5.74) is 1.70. The van der Waals surface area contributed by atoms with Crippen LogP contribution in [0.15, 0.2) is 54.6 Å². The van der Waals surface area contributed by atoms with Crippen molar-refractivity contribution in [2.45, 2.75) is 50.4 Å². The van der Waals surface area contributed by atoms with Crippen LogP contribution in [0.25, 0.3) is 10.8 Å². The summed E-state index contributed by atoms with van der Waals surface area (Å²) < 4.78 is 19.4. The minimum Gasteiger partial charge on any atom is -0.489 e.